The molecule has 2 heterocycles. The second kappa shape index (κ2) is 7.65. The lowest BCUT2D eigenvalue weighted by atomic mass is 10.1. The third-order valence-corrected chi connectivity index (χ3v) is 3.34. The van der Waals surface area contributed by atoms with Crippen molar-refractivity contribution in [3.05, 3.63) is 17.5 Å². The molecule has 0 radical (unpaired) electrons. The van der Waals surface area contributed by atoms with Gasteiger partial charge in [0.25, 0.3) is 0 Å². The molecule has 0 saturated carbocycles. The molecule has 9 heteroatoms. The number of amides is 2. The maximum Gasteiger partial charge on any atom is 0.413 e. The molecule has 1 N–H and O–H groups in total. The molecule has 0 spiro atoms. The van der Waals surface area contributed by atoms with Gasteiger partial charge in [-0.1, -0.05) is 0 Å². The van der Waals surface area contributed by atoms with E-state index in [9.17, 15) is 9.59 Å². The van der Waals surface area contributed by atoms with E-state index in [2.05, 4.69) is 15.3 Å². The molecule has 132 valence electrons. The average Bonchev–Trinajstić information content (AvgIpc) is 2.45. The molecule has 1 aliphatic rings. The number of carbonyl (C=O) groups is 2. The topological polar surface area (TPSA) is 93.6 Å². The van der Waals surface area contributed by atoms with Crippen LogP contribution in [0.15, 0.2) is 12.3 Å². The van der Waals surface area contributed by atoms with E-state index in [0.717, 1.165) is 6.42 Å². The fourth-order valence-electron chi connectivity index (χ4n) is 2.22. The average molecular weight is 357 g/mol. The van der Waals surface area contributed by atoms with E-state index >= 15 is 0 Å². The van der Waals surface area contributed by atoms with Gasteiger partial charge in [-0.2, -0.15) is 0 Å². The van der Waals surface area contributed by atoms with E-state index in [-0.39, 0.29) is 11.1 Å². The number of rotatable bonds is 2. The summed E-state index contributed by atoms with van der Waals surface area (Å²) >= 11 is 5.65. The van der Waals surface area contributed by atoms with Crippen LogP contribution in [0.1, 0.15) is 33.6 Å². The quantitative estimate of drug-likeness (QED) is 0.818. The van der Waals surface area contributed by atoms with Gasteiger partial charge in [-0.25, -0.2) is 19.6 Å². The van der Waals surface area contributed by atoms with Crippen LogP contribution < -0.4 is 5.32 Å². The predicted molar refractivity (Wildman–Crippen MR) is 88.0 cm³/mol. The first-order valence-electron chi connectivity index (χ1n) is 7.67. The number of hydrogen-bond donors (Lipinski definition) is 1. The number of piperidine rings is 1. The highest BCUT2D eigenvalue weighted by molar-refractivity contribution is 6.28. The molecule has 1 atom stereocenters. The fourth-order valence-corrected chi connectivity index (χ4v) is 2.36. The molecule has 1 fully saturated rings. The van der Waals surface area contributed by atoms with Crippen LogP contribution in [0.4, 0.5) is 15.4 Å². The lowest BCUT2D eigenvalue weighted by molar-refractivity contribution is 0.000861. The van der Waals surface area contributed by atoms with Crippen LogP contribution in [0.3, 0.4) is 0 Å². The Hall–Kier alpha value is -2.09. The van der Waals surface area contributed by atoms with Crippen molar-refractivity contribution in [2.45, 2.75) is 45.3 Å². The van der Waals surface area contributed by atoms with Gasteiger partial charge in [0.2, 0.25) is 5.28 Å². The number of carbonyl (C=O) groups excluding carboxylic acids is 2. The first kappa shape index (κ1) is 18.3. The molecule has 0 aliphatic carbocycles. The summed E-state index contributed by atoms with van der Waals surface area (Å²) < 4.78 is 10.7. The maximum absolute atomic E-state index is 12.1. The van der Waals surface area contributed by atoms with Crippen LogP contribution in [0, 0.1) is 0 Å². The Labute approximate surface area is 145 Å². The Bertz CT molecular complexity index is 605. The summed E-state index contributed by atoms with van der Waals surface area (Å²) in [4.78, 5) is 33.1. The van der Waals surface area contributed by atoms with Crippen molar-refractivity contribution < 1.29 is 19.1 Å². The molecule has 1 aromatic rings. The minimum atomic E-state index is -0.652. The van der Waals surface area contributed by atoms with Gasteiger partial charge in [-0.15, -0.1) is 0 Å². The highest BCUT2D eigenvalue weighted by atomic mass is 35.5. The van der Waals surface area contributed by atoms with Crippen molar-refractivity contribution in [2.24, 2.45) is 0 Å². The number of hydrogen-bond acceptors (Lipinski definition) is 6. The zero-order chi connectivity index (χ0) is 17.7. The number of ether oxygens (including phenoxy) is 2. The highest BCUT2D eigenvalue weighted by Gasteiger charge is 2.29. The van der Waals surface area contributed by atoms with Crippen LogP contribution in [0.2, 0.25) is 5.28 Å². The lowest BCUT2D eigenvalue weighted by Crippen LogP contribution is -2.46. The zero-order valence-electron chi connectivity index (χ0n) is 13.9. The SMILES string of the molecule is CC(C)(C)OC(=O)N1CCC[C@H](OC(=O)Nc2ccnc(Cl)n2)C1. The van der Waals surface area contributed by atoms with Crippen molar-refractivity contribution in [1.29, 1.82) is 0 Å². The van der Waals surface area contributed by atoms with Crippen LogP contribution in [-0.2, 0) is 9.47 Å². The molecule has 0 aromatic carbocycles. The fraction of sp³-hybridized carbons (Fsp3) is 0.600. The Morgan fingerprint density at radius 1 is 1.42 bits per heavy atom. The molecule has 2 amide bonds. The van der Waals surface area contributed by atoms with Crippen molar-refractivity contribution >= 4 is 29.6 Å². The van der Waals surface area contributed by atoms with Crippen LogP contribution in [0.5, 0.6) is 0 Å². The third-order valence-electron chi connectivity index (χ3n) is 3.16. The van der Waals surface area contributed by atoms with E-state index in [4.69, 9.17) is 21.1 Å². The summed E-state index contributed by atoms with van der Waals surface area (Å²) in [5.74, 6) is 0.250. The van der Waals surface area contributed by atoms with Gasteiger partial charge in [0, 0.05) is 12.7 Å². The highest BCUT2D eigenvalue weighted by Crippen LogP contribution is 2.18. The minimum Gasteiger partial charge on any atom is -0.444 e. The number of likely N-dealkylation sites (tertiary alicyclic amines) is 1. The standard InChI is InChI=1S/C15H21ClN4O4/c1-15(2,3)24-14(22)20-8-4-5-10(9-20)23-13(21)19-11-6-7-17-12(16)18-11/h6-7,10H,4-5,8-9H2,1-3H3,(H,17,18,19,21)/t10-/m0/s1. The maximum atomic E-state index is 12.1. The van der Waals surface area contributed by atoms with Crippen LogP contribution in [0.25, 0.3) is 0 Å². The second-order valence-corrected chi connectivity index (χ2v) is 6.77. The molecule has 0 unspecified atom stereocenters. The van der Waals surface area contributed by atoms with E-state index < -0.39 is 23.9 Å². The van der Waals surface area contributed by atoms with E-state index in [1.807, 2.05) is 20.8 Å². The second-order valence-electron chi connectivity index (χ2n) is 6.43. The van der Waals surface area contributed by atoms with E-state index in [0.29, 0.717) is 19.5 Å². The van der Waals surface area contributed by atoms with Crippen molar-refractivity contribution in [3.63, 3.8) is 0 Å². The number of nitrogens with one attached hydrogen (secondary N) is 1. The van der Waals surface area contributed by atoms with Gasteiger partial charge in [-0.05, 0) is 51.3 Å². The third kappa shape index (κ3) is 5.84. The van der Waals surface area contributed by atoms with E-state index in [1.54, 1.807) is 4.90 Å². The van der Waals surface area contributed by atoms with Gasteiger partial charge in [-0.3, -0.25) is 5.32 Å². The monoisotopic (exact) mass is 356 g/mol. The Morgan fingerprint density at radius 3 is 2.83 bits per heavy atom. The molecule has 2 rings (SSSR count). The summed E-state index contributed by atoms with van der Waals surface area (Å²) in [7, 11) is 0. The molecule has 0 bridgehead atoms. The van der Waals surface area contributed by atoms with Crippen LogP contribution >= 0.6 is 11.6 Å². The smallest absolute Gasteiger partial charge is 0.413 e. The van der Waals surface area contributed by atoms with Crippen molar-refractivity contribution in [3.8, 4) is 0 Å². The predicted octanol–water partition coefficient (Wildman–Crippen LogP) is 3.08. The van der Waals surface area contributed by atoms with E-state index in [1.165, 1.54) is 12.3 Å². The molecule has 24 heavy (non-hydrogen) atoms. The first-order chi connectivity index (χ1) is 11.2. The van der Waals surface area contributed by atoms with Gasteiger partial charge in [0.05, 0.1) is 6.54 Å². The number of nitrogens with zero attached hydrogens (tertiary/aromatic N) is 3. The zero-order valence-corrected chi connectivity index (χ0v) is 14.7. The Kier molecular flexibility index (Phi) is 5.82. The summed E-state index contributed by atoms with van der Waals surface area (Å²) in [6.45, 7) is 6.31. The Balaban J connectivity index is 1.86. The molecule has 1 aromatic heterocycles. The van der Waals surface area contributed by atoms with Gasteiger partial charge < -0.3 is 14.4 Å². The molecule has 1 aliphatic heterocycles. The van der Waals surface area contributed by atoms with Gasteiger partial charge in [0.1, 0.15) is 17.5 Å². The van der Waals surface area contributed by atoms with Crippen molar-refractivity contribution in [2.75, 3.05) is 18.4 Å². The molecular weight excluding hydrogens is 336 g/mol. The van der Waals surface area contributed by atoms with Crippen molar-refractivity contribution in [1.82, 2.24) is 14.9 Å². The number of halogens is 1. The van der Waals surface area contributed by atoms with Gasteiger partial charge in [0.15, 0.2) is 0 Å². The summed E-state index contributed by atoms with van der Waals surface area (Å²) in [6, 6.07) is 1.50. The number of anilines is 1. The summed E-state index contributed by atoms with van der Waals surface area (Å²) in [5, 5.41) is 2.51. The first-order valence-corrected chi connectivity index (χ1v) is 8.05. The number of aromatic nitrogens is 2. The van der Waals surface area contributed by atoms with Gasteiger partial charge >= 0.3 is 12.2 Å². The van der Waals surface area contributed by atoms with Crippen LogP contribution in [-0.4, -0.2) is 51.8 Å². The largest absolute Gasteiger partial charge is 0.444 e. The Morgan fingerprint density at radius 2 is 2.17 bits per heavy atom. The normalized spacial score (nSPS) is 18.0. The molecule has 1 saturated heterocycles. The minimum absolute atomic E-state index is 0.0292. The summed E-state index contributed by atoms with van der Waals surface area (Å²) in [6.07, 6.45) is 1.38. The summed E-state index contributed by atoms with van der Waals surface area (Å²) in [5.41, 5.74) is -0.561. The molecular formula is C15H21ClN4O4. The lowest BCUT2D eigenvalue weighted by Gasteiger charge is -2.33. The molecule has 8 nitrogen and oxygen atoms in total.